The summed E-state index contributed by atoms with van der Waals surface area (Å²) in [6.45, 7) is 4.29. The molecule has 1 unspecified atom stereocenters. The molecule has 22 heavy (non-hydrogen) atoms. The van der Waals surface area contributed by atoms with E-state index >= 15 is 0 Å². The second kappa shape index (κ2) is 6.48. The summed E-state index contributed by atoms with van der Waals surface area (Å²) in [5.74, 6) is 0. The second-order valence-electron chi connectivity index (χ2n) is 6.13. The Hall–Kier alpha value is -1.24. The van der Waals surface area contributed by atoms with Crippen molar-refractivity contribution < 1.29 is 9.84 Å². The third-order valence-electron chi connectivity index (χ3n) is 3.97. The van der Waals surface area contributed by atoms with E-state index in [4.69, 9.17) is 4.74 Å². The van der Waals surface area contributed by atoms with Gasteiger partial charge in [-0.15, -0.1) is 11.3 Å². The van der Waals surface area contributed by atoms with Crippen LogP contribution in [0.5, 0.6) is 0 Å². The van der Waals surface area contributed by atoms with Crippen LogP contribution >= 0.6 is 11.3 Å². The van der Waals surface area contributed by atoms with E-state index in [0.717, 1.165) is 29.5 Å². The summed E-state index contributed by atoms with van der Waals surface area (Å²) in [6, 6.07) is 0. The first-order chi connectivity index (χ1) is 10.6. The molecule has 2 heterocycles. The summed E-state index contributed by atoms with van der Waals surface area (Å²) >= 11 is 1.64. The summed E-state index contributed by atoms with van der Waals surface area (Å²) < 4.78 is 6.91. The average molecular weight is 322 g/mol. The molecule has 2 aromatic rings. The Labute approximate surface area is 133 Å². The summed E-state index contributed by atoms with van der Waals surface area (Å²) in [7, 11) is 0. The van der Waals surface area contributed by atoms with Crippen LogP contribution in [0.1, 0.15) is 37.1 Å². The van der Waals surface area contributed by atoms with Crippen molar-refractivity contribution in [1.29, 1.82) is 0 Å². The first-order valence-electron chi connectivity index (χ1n) is 7.85. The van der Waals surface area contributed by atoms with Crippen LogP contribution in [-0.2, 0) is 24.1 Å². The lowest BCUT2D eigenvalue weighted by atomic mass is 9.97. The van der Waals surface area contributed by atoms with Gasteiger partial charge >= 0.3 is 0 Å². The van der Waals surface area contributed by atoms with Gasteiger partial charge in [-0.05, 0) is 45.1 Å². The molecule has 0 spiro atoms. The van der Waals surface area contributed by atoms with Crippen LogP contribution in [0.4, 0.5) is 0 Å². The van der Waals surface area contributed by atoms with Crippen molar-refractivity contribution in [3.05, 3.63) is 27.1 Å². The van der Waals surface area contributed by atoms with Crippen LogP contribution in [0.3, 0.4) is 0 Å². The normalized spacial score (nSPS) is 16.2. The SMILES string of the molecule is CC(C)OCC(O)Cn1cnc2sc3c(c2c1=O)CCCC3. The molecular formula is C16H22N2O3S. The van der Waals surface area contributed by atoms with E-state index < -0.39 is 6.10 Å². The summed E-state index contributed by atoms with van der Waals surface area (Å²) in [4.78, 5) is 19.3. The van der Waals surface area contributed by atoms with Crippen LogP contribution in [0, 0.1) is 0 Å². The Morgan fingerprint density at radius 1 is 1.41 bits per heavy atom. The van der Waals surface area contributed by atoms with Gasteiger partial charge in [0.05, 0.1) is 37.1 Å². The summed E-state index contributed by atoms with van der Waals surface area (Å²) in [6.07, 6.45) is 5.27. The molecule has 0 amide bonds. The van der Waals surface area contributed by atoms with Crippen molar-refractivity contribution in [1.82, 2.24) is 9.55 Å². The van der Waals surface area contributed by atoms with Gasteiger partial charge in [-0.1, -0.05) is 0 Å². The third kappa shape index (κ3) is 3.09. The molecule has 0 aromatic carbocycles. The highest BCUT2D eigenvalue weighted by molar-refractivity contribution is 7.18. The molecule has 0 saturated carbocycles. The lowest BCUT2D eigenvalue weighted by molar-refractivity contribution is -0.00111. The standard InChI is InChI=1S/C16H22N2O3S/c1-10(2)21-8-11(19)7-18-9-17-15-14(16(18)20)12-5-3-4-6-13(12)22-15/h9-11,19H,3-8H2,1-2H3. The van der Waals surface area contributed by atoms with E-state index in [0.29, 0.717) is 0 Å². The quantitative estimate of drug-likeness (QED) is 0.916. The van der Waals surface area contributed by atoms with Gasteiger partial charge < -0.3 is 9.84 Å². The van der Waals surface area contributed by atoms with Crippen LogP contribution < -0.4 is 5.56 Å². The van der Waals surface area contributed by atoms with E-state index in [2.05, 4.69) is 4.98 Å². The molecule has 6 heteroatoms. The number of nitrogens with zero attached hydrogens (tertiary/aromatic N) is 2. The second-order valence-corrected chi connectivity index (χ2v) is 7.21. The Balaban J connectivity index is 1.88. The first-order valence-corrected chi connectivity index (χ1v) is 8.67. The predicted molar refractivity (Wildman–Crippen MR) is 87.6 cm³/mol. The maximum absolute atomic E-state index is 12.7. The number of hydrogen-bond donors (Lipinski definition) is 1. The van der Waals surface area contributed by atoms with Crippen molar-refractivity contribution in [2.45, 2.75) is 58.3 Å². The predicted octanol–water partition coefficient (Wildman–Crippen LogP) is 2.12. The van der Waals surface area contributed by atoms with Crippen LogP contribution in [0.25, 0.3) is 10.2 Å². The minimum atomic E-state index is -0.700. The molecule has 1 atom stereocenters. The zero-order valence-corrected chi connectivity index (χ0v) is 13.9. The fourth-order valence-corrected chi connectivity index (χ4v) is 4.11. The monoisotopic (exact) mass is 322 g/mol. The number of rotatable bonds is 5. The van der Waals surface area contributed by atoms with Gasteiger partial charge in [0.25, 0.3) is 5.56 Å². The van der Waals surface area contributed by atoms with Crippen molar-refractivity contribution in [3.63, 3.8) is 0 Å². The van der Waals surface area contributed by atoms with Gasteiger partial charge in [-0.25, -0.2) is 4.98 Å². The molecule has 1 aliphatic carbocycles. The maximum atomic E-state index is 12.7. The van der Waals surface area contributed by atoms with Crippen LogP contribution in [0.15, 0.2) is 11.1 Å². The topological polar surface area (TPSA) is 64.3 Å². The van der Waals surface area contributed by atoms with Gasteiger partial charge in [-0.3, -0.25) is 9.36 Å². The minimum Gasteiger partial charge on any atom is -0.389 e. The Morgan fingerprint density at radius 3 is 2.95 bits per heavy atom. The van der Waals surface area contributed by atoms with Gasteiger partial charge in [0, 0.05) is 4.88 Å². The Bertz CT molecular complexity index is 720. The number of aliphatic hydroxyl groups is 1. The van der Waals surface area contributed by atoms with E-state index in [-0.39, 0.29) is 24.8 Å². The van der Waals surface area contributed by atoms with Crippen molar-refractivity contribution >= 4 is 21.6 Å². The number of fused-ring (bicyclic) bond motifs is 3. The molecule has 0 saturated heterocycles. The zero-order chi connectivity index (χ0) is 15.7. The smallest absolute Gasteiger partial charge is 0.262 e. The highest BCUT2D eigenvalue weighted by atomic mass is 32.1. The lowest BCUT2D eigenvalue weighted by Crippen LogP contribution is -2.30. The van der Waals surface area contributed by atoms with Crippen LogP contribution in [-0.4, -0.2) is 33.5 Å². The molecule has 0 aliphatic heterocycles. The number of aliphatic hydroxyl groups excluding tert-OH is 1. The molecule has 120 valence electrons. The highest BCUT2D eigenvalue weighted by Crippen LogP contribution is 2.33. The third-order valence-corrected chi connectivity index (χ3v) is 5.17. The van der Waals surface area contributed by atoms with Gasteiger partial charge in [0.15, 0.2) is 0 Å². The van der Waals surface area contributed by atoms with Crippen molar-refractivity contribution in [3.8, 4) is 0 Å². The van der Waals surface area contributed by atoms with Crippen molar-refractivity contribution in [2.24, 2.45) is 0 Å². The molecule has 0 fully saturated rings. The molecular weight excluding hydrogens is 300 g/mol. The largest absolute Gasteiger partial charge is 0.389 e. The average Bonchev–Trinajstić information content (AvgIpc) is 2.87. The van der Waals surface area contributed by atoms with Gasteiger partial charge in [-0.2, -0.15) is 0 Å². The fraction of sp³-hybridized carbons (Fsp3) is 0.625. The molecule has 2 aromatic heterocycles. The van der Waals surface area contributed by atoms with Crippen molar-refractivity contribution in [2.75, 3.05) is 6.61 Å². The van der Waals surface area contributed by atoms with Gasteiger partial charge in [0.1, 0.15) is 4.83 Å². The number of aryl methyl sites for hydroxylation is 2. The Morgan fingerprint density at radius 2 is 2.18 bits per heavy atom. The molecule has 1 aliphatic rings. The summed E-state index contributed by atoms with van der Waals surface area (Å²) in [5, 5.41) is 10.8. The summed E-state index contributed by atoms with van der Waals surface area (Å²) in [5.41, 5.74) is 1.15. The van der Waals surface area contributed by atoms with E-state index in [1.54, 1.807) is 17.7 Å². The van der Waals surface area contributed by atoms with E-state index in [1.807, 2.05) is 13.8 Å². The molecule has 0 bridgehead atoms. The lowest BCUT2D eigenvalue weighted by Gasteiger charge is -2.15. The van der Waals surface area contributed by atoms with Crippen LogP contribution in [0.2, 0.25) is 0 Å². The van der Waals surface area contributed by atoms with E-state index in [9.17, 15) is 9.90 Å². The minimum absolute atomic E-state index is 0.0343. The van der Waals surface area contributed by atoms with E-state index in [1.165, 1.54) is 21.4 Å². The molecule has 1 N–H and O–H groups in total. The number of ether oxygens (including phenoxy) is 1. The number of thiophene rings is 1. The number of aromatic nitrogens is 2. The number of hydrogen-bond acceptors (Lipinski definition) is 5. The molecule has 0 radical (unpaired) electrons. The highest BCUT2D eigenvalue weighted by Gasteiger charge is 2.20. The molecule has 5 nitrogen and oxygen atoms in total. The van der Waals surface area contributed by atoms with Gasteiger partial charge in [0.2, 0.25) is 0 Å². The Kier molecular flexibility index (Phi) is 4.61. The molecule has 3 rings (SSSR count). The zero-order valence-electron chi connectivity index (χ0n) is 13.0. The first kappa shape index (κ1) is 15.6. The fourth-order valence-electron chi connectivity index (χ4n) is 2.89. The maximum Gasteiger partial charge on any atom is 0.262 e.